The second-order valence-electron chi connectivity index (χ2n) is 3.94. The average molecular weight is 332 g/mol. The predicted octanol–water partition coefficient (Wildman–Crippen LogP) is 5.70. The van der Waals surface area contributed by atoms with Gasteiger partial charge < -0.3 is 22.0 Å². The van der Waals surface area contributed by atoms with Crippen LogP contribution in [0, 0.1) is 5.39 Å². The molecule has 0 atom stereocenters. The summed E-state index contributed by atoms with van der Waals surface area (Å²) in [6.07, 6.45) is 0. The quantitative estimate of drug-likeness (QED) is 0.410. The molecule has 0 aliphatic heterocycles. The lowest BCUT2D eigenvalue weighted by atomic mass is 10.2. The fourth-order valence-electron chi connectivity index (χ4n) is 1.45. The first-order chi connectivity index (χ1) is 10.3. The molecule has 0 amide bonds. The molecule has 0 fully saturated rings. The summed E-state index contributed by atoms with van der Waals surface area (Å²) in [6.45, 7) is 0.309. The SMILES string of the molecule is F[B-](F)(F)F.N#[N+]c1ccccc1COc1ccccc1Cl. The van der Waals surface area contributed by atoms with Crippen molar-refractivity contribution in [2.75, 3.05) is 0 Å². The fraction of sp³-hybridized carbons (Fsp3) is 0.0769. The molecule has 0 N–H and O–H groups in total. The molecule has 0 radical (unpaired) electrons. The van der Waals surface area contributed by atoms with Crippen molar-refractivity contribution in [2.24, 2.45) is 0 Å². The van der Waals surface area contributed by atoms with Crippen molar-refractivity contribution in [3.05, 3.63) is 64.1 Å². The van der Waals surface area contributed by atoms with Crippen LogP contribution in [-0.4, -0.2) is 7.25 Å². The van der Waals surface area contributed by atoms with Crippen molar-refractivity contribution >= 4 is 24.5 Å². The highest BCUT2D eigenvalue weighted by molar-refractivity contribution is 6.50. The van der Waals surface area contributed by atoms with Crippen LogP contribution in [0.15, 0.2) is 48.5 Å². The summed E-state index contributed by atoms with van der Waals surface area (Å²) >= 11 is 5.97. The molecule has 2 aromatic carbocycles. The Labute approximate surface area is 129 Å². The van der Waals surface area contributed by atoms with E-state index in [-0.39, 0.29) is 0 Å². The van der Waals surface area contributed by atoms with E-state index in [1.807, 2.05) is 24.3 Å². The van der Waals surface area contributed by atoms with Gasteiger partial charge in [-0.25, -0.2) is 0 Å². The Balaban J connectivity index is 0.000000422. The number of nitrogens with zero attached hydrogens (tertiary/aromatic N) is 2. The summed E-state index contributed by atoms with van der Waals surface area (Å²) < 4.78 is 44.6. The Hall–Kier alpha value is -2.27. The van der Waals surface area contributed by atoms with Gasteiger partial charge in [-0.2, -0.15) is 0 Å². The van der Waals surface area contributed by atoms with Crippen molar-refractivity contribution in [3.8, 4) is 5.75 Å². The van der Waals surface area contributed by atoms with Crippen LogP contribution in [-0.2, 0) is 6.61 Å². The highest BCUT2D eigenvalue weighted by atomic mass is 35.5. The molecule has 0 bridgehead atoms. The molecule has 0 aliphatic rings. The monoisotopic (exact) mass is 332 g/mol. The number of para-hydroxylation sites is 1. The van der Waals surface area contributed by atoms with Crippen LogP contribution >= 0.6 is 11.6 Å². The van der Waals surface area contributed by atoms with Crippen LogP contribution in [0.1, 0.15) is 5.56 Å². The van der Waals surface area contributed by atoms with Gasteiger partial charge in [-0.3, -0.25) is 0 Å². The first-order valence-corrected chi connectivity index (χ1v) is 6.36. The van der Waals surface area contributed by atoms with Crippen LogP contribution in [0.3, 0.4) is 0 Å². The highest BCUT2D eigenvalue weighted by Crippen LogP contribution is 2.26. The Morgan fingerprint density at radius 1 is 1.00 bits per heavy atom. The second kappa shape index (κ2) is 8.24. The zero-order valence-corrected chi connectivity index (χ0v) is 11.9. The van der Waals surface area contributed by atoms with Crippen LogP contribution in [0.5, 0.6) is 5.75 Å². The van der Waals surface area contributed by atoms with Gasteiger partial charge in [0.1, 0.15) is 12.4 Å². The van der Waals surface area contributed by atoms with E-state index in [1.165, 1.54) is 0 Å². The Kier molecular flexibility index (Phi) is 6.66. The third-order valence-electron chi connectivity index (χ3n) is 2.32. The van der Waals surface area contributed by atoms with E-state index >= 15 is 0 Å². The minimum atomic E-state index is -6.00. The van der Waals surface area contributed by atoms with E-state index in [4.69, 9.17) is 21.7 Å². The molecule has 0 saturated carbocycles. The molecule has 9 heteroatoms. The maximum atomic E-state index is 9.75. The average Bonchev–Trinajstić information content (AvgIpc) is 2.45. The first-order valence-electron chi connectivity index (χ1n) is 5.99. The topological polar surface area (TPSA) is 37.4 Å². The zero-order chi connectivity index (χ0) is 16.6. The summed E-state index contributed by atoms with van der Waals surface area (Å²) in [6, 6.07) is 14.5. The molecule has 0 spiro atoms. The van der Waals surface area contributed by atoms with E-state index in [2.05, 4.69) is 4.98 Å². The number of rotatable bonds is 3. The van der Waals surface area contributed by atoms with Crippen molar-refractivity contribution in [3.63, 3.8) is 0 Å². The van der Waals surface area contributed by atoms with Crippen molar-refractivity contribution in [2.45, 2.75) is 6.61 Å². The molecule has 0 heterocycles. The lowest BCUT2D eigenvalue weighted by Gasteiger charge is -2.06. The Morgan fingerprint density at radius 2 is 1.55 bits per heavy atom. The molecule has 2 rings (SSSR count). The summed E-state index contributed by atoms with van der Waals surface area (Å²) in [5.74, 6) is 0.613. The summed E-state index contributed by atoms with van der Waals surface area (Å²) in [5.41, 5.74) is 1.30. The minimum Gasteiger partial charge on any atom is -0.487 e. The molecule has 0 aliphatic carbocycles. The van der Waals surface area contributed by atoms with Gasteiger partial charge in [-0.05, 0) is 18.2 Å². The molecule has 3 nitrogen and oxygen atoms in total. The maximum absolute atomic E-state index is 9.75. The highest BCUT2D eigenvalue weighted by Gasteiger charge is 2.20. The van der Waals surface area contributed by atoms with Gasteiger partial charge in [0.05, 0.1) is 10.6 Å². The number of ether oxygens (including phenoxy) is 1. The largest absolute Gasteiger partial charge is 0.673 e. The second-order valence-corrected chi connectivity index (χ2v) is 4.35. The smallest absolute Gasteiger partial charge is 0.487 e. The number of hydrogen-bond donors (Lipinski definition) is 0. The Morgan fingerprint density at radius 3 is 2.14 bits per heavy atom. The lowest BCUT2D eigenvalue weighted by Crippen LogP contribution is -2.02. The van der Waals surface area contributed by atoms with Crippen molar-refractivity contribution in [1.82, 2.24) is 0 Å². The number of diazo groups is 1. The van der Waals surface area contributed by atoms with Gasteiger partial charge in [-0.15, -0.1) is 0 Å². The standard InChI is InChI=1S/C13H10ClN2O.BF4/c14-11-6-2-4-8-13(11)17-9-10-5-1-3-7-12(10)16-15;2-1(3,4)5/h1-8H,9H2;/q+1;-1. The zero-order valence-electron chi connectivity index (χ0n) is 11.1. The molecule has 116 valence electrons. The van der Waals surface area contributed by atoms with Gasteiger partial charge in [0.25, 0.3) is 0 Å². The van der Waals surface area contributed by atoms with Gasteiger partial charge in [0.2, 0.25) is 5.39 Å². The maximum Gasteiger partial charge on any atom is 0.673 e. The third kappa shape index (κ3) is 6.95. The number of hydrogen-bond acceptors (Lipinski definition) is 2. The molecule has 0 saturated heterocycles. The molecular weight excluding hydrogens is 322 g/mol. The van der Waals surface area contributed by atoms with Crippen molar-refractivity contribution in [1.29, 1.82) is 5.39 Å². The molecule has 0 unspecified atom stereocenters. The van der Waals surface area contributed by atoms with Crippen LogP contribution < -0.4 is 4.74 Å². The molecule has 22 heavy (non-hydrogen) atoms. The Bertz CT molecular complexity index is 655. The molecule has 2 aromatic rings. The predicted molar refractivity (Wildman–Crippen MR) is 77.2 cm³/mol. The fourth-order valence-corrected chi connectivity index (χ4v) is 1.64. The minimum absolute atomic E-state index is 0.309. The lowest BCUT2D eigenvalue weighted by molar-refractivity contribution is 0.307. The van der Waals surface area contributed by atoms with Gasteiger partial charge in [-0.1, -0.05) is 35.9 Å². The van der Waals surface area contributed by atoms with E-state index < -0.39 is 7.25 Å². The van der Waals surface area contributed by atoms with Crippen LogP contribution in [0.25, 0.3) is 4.98 Å². The third-order valence-corrected chi connectivity index (χ3v) is 2.63. The first kappa shape index (κ1) is 17.8. The van der Waals surface area contributed by atoms with E-state index in [0.717, 1.165) is 5.56 Å². The normalized spacial score (nSPS) is 10.2. The summed E-state index contributed by atoms with van der Waals surface area (Å²) in [4.78, 5) is 3.19. The van der Waals surface area contributed by atoms with Gasteiger partial charge in [0, 0.05) is 6.07 Å². The van der Waals surface area contributed by atoms with Gasteiger partial charge >= 0.3 is 12.9 Å². The van der Waals surface area contributed by atoms with Crippen LogP contribution in [0.2, 0.25) is 5.02 Å². The molecular formula is C13H10BClF4N2O. The summed E-state index contributed by atoms with van der Waals surface area (Å²) in [7, 11) is -6.00. The van der Waals surface area contributed by atoms with E-state index in [9.17, 15) is 17.3 Å². The van der Waals surface area contributed by atoms with E-state index in [0.29, 0.717) is 23.1 Å². The van der Waals surface area contributed by atoms with E-state index in [1.54, 1.807) is 24.3 Å². The molecule has 0 aromatic heterocycles. The summed E-state index contributed by atoms with van der Waals surface area (Å²) in [5, 5.41) is 9.37. The van der Waals surface area contributed by atoms with Crippen molar-refractivity contribution < 1.29 is 22.0 Å². The van der Waals surface area contributed by atoms with Gasteiger partial charge in [0.15, 0.2) is 4.98 Å². The number of benzene rings is 2. The number of halogens is 5. The van der Waals surface area contributed by atoms with Crippen LogP contribution in [0.4, 0.5) is 23.0 Å².